The average molecular weight is 294 g/mol. The van der Waals surface area contributed by atoms with Crippen molar-refractivity contribution in [3.63, 3.8) is 0 Å². The monoisotopic (exact) mass is 294 g/mol. The lowest BCUT2D eigenvalue weighted by molar-refractivity contribution is -0.142. The zero-order valence-corrected chi connectivity index (χ0v) is 11.7. The summed E-state index contributed by atoms with van der Waals surface area (Å²) in [5.74, 6) is -1.74. The van der Waals surface area contributed by atoms with Gasteiger partial charge in [-0.25, -0.2) is 8.42 Å². The summed E-state index contributed by atoms with van der Waals surface area (Å²) in [5.41, 5.74) is 0. The lowest BCUT2D eigenvalue weighted by Crippen LogP contribution is -2.52. The quantitative estimate of drug-likeness (QED) is 0.620. The predicted octanol–water partition coefficient (Wildman–Crippen LogP) is -1.42. The summed E-state index contributed by atoms with van der Waals surface area (Å²) >= 11 is 0. The second-order valence-electron chi connectivity index (χ2n) is 4.28. The van der Waals surface area contributed by atoms with Crippen molar-refractivity contribution in [3.05, 3.63) is 0 Å². The molecule has 1 heterocycles. The van der Waals surface area contributed by atoms with Gasteiger partial charge in [-0.15, -0.1) is 0 Å². The predicted molar refractivity (Wildman–Crippen MR) is 66.0 cm³/mol. The van der Waals surface area contributed by atoms with Crippen molar-refractivity contribution >= 4 is 22.0 Å². The Bertz CT molecular complexity index is 441. The first-order valence-corrected chi connectivity index (χ1v) is 7.30. The standard InChI is InChI=1S/C10H18N2O6S/c1-8(10(14)15)19(16,17)12-5-3-11(4-6-12)7-9(13)18-2/h8H,3-7H2,1-2H3,(H,14,15). The number of carbonyl (C=O) groups is 2. The van der Waals surface area contributed by atoms with Crippen LogP contribution in [0.1, 0.15) is 6.92 Å². The zero-order valence-electron chi connectivity index (χ0n) is 10.9. The Morgan fingerprint density at radius 2 is 1.79 bits per heavy atom. The molecule has 19 heavy (non-hydrogen) atoms. The fourth-order valence-corrected chi connectivity index (χ4v) is 3.11. The SMILES string of the molecule is COC(=O)CN1CCN(S(=O)(=O)C(C)C(=O)O)CC1. The van der Waals surface area contributed by atoms with E-state index in [1.54, 1.807) is 4.90 Å². The molecular formula is C10H18N2O6S. The van der Waals surface area contributed by atoms with Gasteiger partial charge in [0.25, 0.3) is 0 Å². The Morgan fingerprint density at radius 3 is 2.21 bits per heavy atom. The highest BCUT2D eigenvalue weighted by molar-refractivity contribution is 7.90. The second kappa shape index (κ2) is 6.31. The van der Waals surface area contributed by atoms with Gasteiger partial charge < -0.3 is 9.84 Å². The van der Waals surface area contributed by atoms with E-state index in [2.05, 4.69) is 4.74 Å². The van der Waals surface area contributed by atoms with Gasteiger partial charge in [0.1, 0.15) is 0 Å². The van der Waals surface area contributed by atoms with Crippen molar-refractivity contribution in [2.45, 2.75) is 12.2 Å². The molecule has 0 aromatic heterocycles. The van der Waals surface area contributed by atoms with Gasteiger partial charge in [-0.2, -0.15) is 4.31 Å². The molecule has 0 aliphatic carbocycles. The smallest absolute Gasteiger partial charge is 0.323 e. The number of hydrogen-bond acceptors (Lipinski definition) is 6. The van der Waals surface area contributed by atoms with Gasteiger partial charge in [0.05, 0.1) is 13.7 Å². The normalized spacial score (nSPS) is 19.9. The number of carbonyl (C=O) groups excluding carboxylic acids is 1. The number of sulfonamides is 1. The van der Waals surface area contributed by atoms with Crippen LogP contribution < -0.4 is 0 Å². The van der Waals surface area contributed by atoms with Gasteiger partial charge in [-0.1, -0.05) is 0 Å². The minimum absolute atomic E-state index is 0.110. The van der Waals surface area contributed by atoms with Crippen LogP contribution in [0.25, 0.3) is 0 Å². The van der Waals surface area contributed by atoms with Crippen LogP contribution in [-0.4, -0.2) is 79.8 Å². The van der Waals surface area contributed by atoms with Crippen molar-refractivity contribution in [2.75, 3.05) is 39.8 Å². The van der Waals surface area contributed by atoms with Gasteiger partial charge >= 0.3 is 11.9 Å². The summed E-state index contributed by atoms with van der Waals surface area (Å²) in [6.07, 6.45) is 0. The van der Waals surface area contributed by atoms with Gasteiger partial charge in [0.15, 0.2) is 5.25 Å². The fourth-order valence-electron chi connectivity index (χ4n) is 1.74. The van der Waals surface area contributed by atoms with Crippen LogP contribution in [0.2, 0.25) is 0 Å². The first-order valence-electron chi connectivity index (χ1n) is 5.80. The number of methoxy groups -OCH3 is 1. The third-order valence-corrected chi connectivity index (χ3v) is 5.25. The molecule has 0 radical (unpaired) electrons. The van der Waals surface area contributed by atoms with E-state index in [0.717, 1.165) is 11.2 Å². The van der Waals surface area contributed by atoms with Gasteiger partial charge in [-0.05, 0) is 6.92 Å². The molecule has 1 aliphatic rings. The Balaban J connectivity index is 2.59. The molecule has 0 saturated carbocycles. The highest BCUT2D eigenvalue weighted by Crippen LogP contribution is 2.12. The molecule has 8 nitrogen and oxygen atoms in total. The number of carboxylic acids is 1. The first kappa shape index (κ1) is 15.9. The Kier molecular flexibility index (Phi) is 5.27. The third kappa shape index (κ3) is 3.88. The molecule has 1 atom stereocenters. The van der Waals surface area contributed by atoms with Crippen molar-refractivity contribution < 1.29 is 27.9 Å². The van der Waals surface area contributed by atoms with Crippen LogP contribution in [-0.2, 0) is 24.3 Å². The lowest BCUT2D eigenvalue weighted by atomic mass is 10.3. The molecule has 1 unspecified atom stereocenters. The van der Waals surface area contributed by atoms with Crippen molar-refractivity contribution in [1.29, 1.82) is 0 Å². The number of aliphatic carboxylic acids is 1. The van der Waals surface area contributed by atoms with E-state index in [9.17, 15) is 18.0 Å². The van der Waals surface area contributed by atoms with E-state index in [0.29, 0.717) is 13.1 Å². The van der Waals surface area contributed by atoms with Gasteiger partial charge in [0.2, 0.25) is 10.0 Å². The number of hydrogen-bond donors (Lipinski definition) is 1. The molecule has 1 fully saturated rings. The van der Waals surface area contributed by atoms with Crippen molar-refractivity contribution in [1.82, 2.24) is 9.21 Å². The molecule has 1 rings (SSSR count). The summed E-state index contributed by atoms with van der Waals surface area (Å²) in [5, 5.41) is 7.32. The average Bonchev–Trinajstić information content (AvgIpc) is 2.38. The molecule has 0 aromatic rings. The molecule has 0 amide bonds. The fraction of sp³-hybridized carbons (Fsp3) is 0.800. The Morgan fingerprint density at radius 1 is 1.26 bits per heavy atom. The van der Waals surface area contributed by atoms with Crippen molar-refractivity contribution in [2.24, 2.45) is 0 Å². The molecule has 0 bridgehead atoms. The van der Waals surface area contributed by atoms with E-state index < -0.39 is 21.2 Å². The number of ether oxygens (including phenoxy) is 1. The molecule has 1 saturated heterocycles. The number of piperazine rings is 1. The maximum Gasteiger partial charge on any atom is 0.323 e. The largest absolute Gasteiger partial charge is 0.480 e. The summed E-state index contributed by atoms with van der Waals surface area (Å²) < 4.78 is 29.6. The lowest BCUT2D eigenvalue weighted by Gasteiger charge is -2.34. The van der Waals surface area contributed by atoms with E-state index in [1.165, 1.54) is 7.11 Å². The Labute approximate surface area is 112 Å². The molecule has 0 aromatic carbocycles. The maximum absolute atomic E-state index is 11.9. The minimum Gasteiger partial charge on any atom is -0.480 e. The topological polar surface area (TPSA) is 104 Å². The van der Waals surface area contributed by atoms with Gasteiger partial charge in [0, 0.05) is 26.2 Å². The molecule has 1 N–H and O–H groups in total. The highest BCUT2D eigenvalue weighted by atomic mass is 32.2. The van der Waals surface area contributed by atoms with Crippen LogP contribution in [0.5, 0.6) is 0 Å². The number of nitrogens with zero attached hydrogens (tertiary/aromatic N) is 2. The summed E-state index contributed by atoms with van der Waals surface area (Å²) in [4.78, 5) is 23.6. The van der Waals surface area contributed by atoms with E-state index in [4.69, 9.17) is 5.11 Å². The van der Waals surface area contributed by atoms with Crippen LogP contribution in [0.3, 0.4) is 0 Å². The molecule has 9 heteroatoms. The summed E-state index contributed by atoms with van der Waals surface area (Å²) in [7, 11) is -2.54. The van der Waals surface area contributed by atoms with Crippen molar-refractivity contribution in [3.8, 4) is 0 Å². The minimum atomic E-state index is -3.83. The molecule has 110 valence electrons. The Hall–Kier alpha value is -1.19. The molecular weight excluding hydrogens is 276 g/mol. The summed E-state index contributed by atoms with van der Waals surface area (Å²) in [6, 6.07) is 0. The van der Waals surface area contributed by atoms with Gasteiger partial charge in [-0.3, -0.25) is 14.5 Å². The van der Waals surface area contributed by atoms with Crippen LogP contribution in [0.4, 0.5) is 0 Å². The first-order chi connectivity index (χ1) is 8.78. The van der Waals surface area contributed by atoms with E-state index in [1.807, 2.05) is 0 Å². The third-order valence-electron chi connectivity index (χ3n) is 3.07. The summed E-state index contributed by atoms with van der Waals surface area (Å²) in [6.45, 7) is 2.37. The second-order valence-corrected chi connectivity index (χ2v) is 6.53. The van der Waals surface area contributed by atoms with Crippen LogP contribution in [0.15, 0.2) is 0 Å². The highest BCUT2D eigenvalue weighted by Gasteiger charge is 2.35. The number of carboxylic acid groups (broad SMARTS) is 1. The van der Waals surface area contributed by atoms with E-state index in [-0.39, 0.29) is 25.6 Å². The van der Waals surface area contributed by atoms with E-state index >= 15 is 0 Å². The van der Waals surface area contributed by atoms with Crippen LogP contribution in [0, 0.1) is 0 Å². The van der Waals surface area contributed by atoms with Crippen LogP contribution >= 0.6 is 0 Å². The number of esters is 1. The zero-order chi connectivity index (χ0) is 14.6. The molecule has 1 aliphatic heterocycles. The maximum atomic E-state index is 11.9. The number of rotatable bonds is 5. The molecule has 0 spiro atoms.